The molecule has 0 bridgehead atoms. The van der Waals surface area contributed by atoms with Gasteiger partial charge in [0.05, 0.1) is 48.9 Å². The number of nitrogens with two attached hydrogens (primary N) is 1. The third-order valence-electron chi connectivity index (χ3n) is 5.47. The lowest BCUT2D eigenvalue weighted by molar-refractivity contribution is -0.108. The largest absolute Gasteiger partial charge is 0.450 e. The molecule has 13 heteroatoms. The molecule has 3 N–H and O–H groups in total. The normalized spacial score (nSPS) is 11.4. The number of aldehydes is 2. The Morgan fingerprint density at radius 3 is 2.54 bits per heavy atom. The van der Waals surface area contributed by atoms with Gasteiger partial charge in [-0.25, -0.2) is 4.98 Å². The zero-order valence-corrected chi connectivity index (χ0v) is 25.5. The van der Waals surface area contributed by atoms with Crippen molar-refractivity contribution in [2.24, 2.45) is 5.73 Å². The maximum Gasteiger partial charge on any atom is 0.286 e. The molecular weight excluding hydrogens is 566 g/mol. The van der Waals surface area contributed by atoms with Crippen molar-refractivity contribution in [3.8, 4) is 0 Å². The van der Waals surface area contributed by atoms with Crippen molar-refractivity contribution >= 4 is 58.4 Å². The summed E-state index contributed by atoms with van der Waals surface area (Å²) in [6.07, 6.45) is 2.99. The lowest BCUT2D eigenvalue weighted by Crippen LogP contribution is -2.29. The van der Waals surface area contributed by atoms with Crippen LogP contribution < -0.4 is 11.1 Å². The number of hydrogen-bond acceptors (Lipinski definition) is 11. The smallest absolute Gasteiger partial charge is 0.286 e. The first-order chi connectivity index (χ1) is 19.8. The minimum atomic E-state index is -0.216. The molecule has 1 amide bonds. The Balaban J connectivity index is 0.000000454. The topological polar surface area (TPSA) is 142 Å². The molecule has 224 valence electrons. The predicted octanol–water partition coefficient (Wildman–Crippen LogP) is 3.91. The first-order valence-electron chi connectivity index (χ1n) is 13.1. The number of furan rings is 1. The van der Waals surface area contributed by atoms with Crippen LogP contribution in [0.25, 0.3) is 17.1 Å². The lowest BCUT2D eigenvalue weighted by atomic mass is 10.3. The number of aromatic nitrogens is 2. The quantitative estimate of drug-likeness (QED) is 0.139. The van der Waals surface area contributed by atoms with E-state index in [1.54, 1.807) is 24.1 Å². The van der Waals surface area contributed by atoms with Crippen molar-refractivity contribution < 1.29 is 28.3 Å². The number of amides is 1. The molecule has 3 rings (SSSR count). The first-order valence-corrected chi connectivity index (χ1v) is 14.8. The monoisotopic (exact) mass is 605 g/mol. The van der Waals surface area contributed by atoms with Gasteiger partial charge in [0.2, 0.25) is 0 Å². The molecule has 0 radical (unpaired) electrons. The summed E-state index contributed by atoms with van der Waals surface area (Å²) < 4.78 is 17.9. The number of benzene rings is 1. The molecule has 1 aromatic carbocycles. The number of nitrogens with one attached hydrogen (secondary N) is 1. The van der Waals surface area contributed by atoms with Crippen LogP contribution in [0.1, 0.15) is 19.6 Å². The molecule has 11 nitrogen and oxygen atoms in total. The molecule has 0 unspecified atom stereocenters. The SMILES string of the molecule is CC(C)N(C)C(=O)S/C(C=O)=C\c1ccc(Sc2nc3ccccc3n2CC=O)o1.CNCCOCCOCCN. The van der Waals surface area contributed by atoms with E-state index in [9.17, 15) is 14.4 Å². The Kier molecular flexibility index (Phi) is 16.1. The standard InChI is InChI=1S/C21H21N3O4S2.C7H18N2O2/c1-14(2)23(3)21(27)29-16(13-26)12-15-8-9-19(28-15)30-20-22-17-6-4-5-7-18(17)24(20)10-11-25;1-9-3-5-11-7-6-10-4-2-8/h4-9,11-14H,10H2,1-3H3;9H,2-8H2,1H3/b16-12-;. The average Bonchev–Trinajstić information content (AvgIpc) is 3.56. The molecule has 0 aliphatic rings. The van der Waals surface area contributed by atoms with Crippen molar-refractivity contribution in [1.82, 2.24) is 19.8 Å². The van der Waals surface area contributed by atoms with E-state index in [1.165, 1.54) is 17.8 Å². The van der Waals surface area contributed by atoms with E-state index in [0.29, 0.717) is 48.7 Å². The van der Waals surface area contributed by atoms with Gasteiger partial charge in [0.1, 0.15) is 12.0 Å². The molecule has 0 aliphatic heterocycles. The Morgan fingerprint density at radius 2 is 1.88 bits per heavy atom. The van der Waals surface area contributed by atoms with Crippen LogP contribution in [0, 0.1) is 0 Å². The van der Waals surface area contributed by atoms with E-state index in [2.05, 4.69) is 10.3 Å². The van der Waals surface area contributed by atoms with Crippen molar-refractivity contribution in [3.63, 3.8) is 0 Å². The molecule has 2 heterocycles. The second-order valence-corrected chi connectivity index (χ2v) is 10.8. The zero-order chi connectivity index (χ0) is 30.0. The maximum atomic E-state index is 12.2. The van der Waals surface area contributed by atoms with Crippen LogP contribution in [0.3, 0.4) is 0 Å². The fraction of sp³-hybridized carbons (Fsp3) is 0.429. The summed E-state index contributed by atoms with van der Waals surface area (Å²) in [6.45, 7) is 8.11. The summed E-state index contributed by atoms with van der Waals surface area (Å²) in [4.78, 5) is 41.1. The van der Waals surface area contributed by atoms with Crippen LogP contribution in [0.15, 0.2) is 56.0 Å². The van der Waals surface area contributed by atoms with Crippen LogP contribution in [0.4, 0.5) is 4.79 Å². The summed E-state index contributed by atoms with van der Waals surface area (Å²) in [5.74, 6) is 0.449. The van der Waals surface area contributed by atoms with E-state index in [1.807, 2.05) is 49.7 Å². The number of rotatable bonds is 16. The number of thioether (sulfide) groups is 1. The second-order valence-electron chi connectivity index (χ2n) is 8.77. The molecule has 0 spiro atoms. The van der Waals surface area contributed by atoms with Crippen molar-refractivity contribution in [1.29, 1.82) is 0 Å². The fourth-order valence-electron chi connectivity index (χ4n) is 3.13. The summed E-state index contributed by atoms with van der Waals surface area (Å²) in [5.41, 5.74) is 6.87. The van der Waals surface area contributed by atoms with Gasteiger partial charge in [-0.2, -0.15) is 0 Å². The van der Waals surface area contributed by atoms with E-state index in [-0.39, 0.29) is 22.7 Å². The highest BCUT2D eigenvalue weighted by Crippen LogP contribution is 2.32. The van der Waals surface area contributed by atoms with Crippen LogP contribution >= 0.6 is 23.5 Å². The van der Waals surface area contributed by atoms with Gasteiger partial charge in [-0.15, -0.1) is 0 Å². The summed E-state index contributed by atoms with van der Waals surface area (Å²) >= 11 is 2.14. The fourth-order valence-corrected chi connectivity index (χ4v) is 4.79. The molecule has 0 aliphatic carbocycles. The van der Waals surface area contributed by atoms with E-state index < -0.39 is 0 Å². The third-order valence-corrected chi connectivity index (χ3v) is 7.30. The van der Waals surface area contributed by atoms with E-state index in [0.717, 1.165) is 42.2 Å². The lowest BCUT2D eigenvalue weighted by Gasteiger charge is -2.20. The van der Waals surface area contributed by atoms with Crippen LogP contribution in [0.5, 0.6) is 0 Å². The van der Waals surface area contributed by atoms with Crippen molar-refractivity contribution in [2.45, 2.75) is 36.7 Å². The van der Waals surface area contributed by atoms with Gasteiger partial charge in [0, 0.05) is 26.2 Å². The molecule has 0 fully saturated rings. The number of likely N-dealkylation sites (N-methyl/N-ethyl adjacent to an activating group) is 1. The zero-order valence-electron chi connectivity index (χ0n) is 23.9. The number of carbonyl (C=O) groups is 3. The molecule has 2 aromatic heterocycles. The predicted molar refractivity (Wildman–Crippen MR) is 163 cm³/mol. The first kappa shape index (κ1) is 34.3. The van der Waals surface area contributed by atoms with Crippen LogP contribution in [0.2, 0.25) is 0 Å². The van der Waals surface area contributed by atoms with Gasteiger partial charge in [0.15, 0.2) is 16.5 Å². The maximum absolute atomic E-state index is 12.2. The van der Waals surface area contributed by atoms with Gasteiger partial charge in [-0.1, -0.05) is 12.1 Å². The summed E-state index contributed by atoms with van der Waals surface area (Å²) in [7, 11) is 3.59. The van der Waals surface area contributed by atoms with Gasteiger partial charge in [-0.05, 0) is 74.8 Å². The second kappa shape index (κ2) is 19.2. The summed E-state index contributed by atoms with van der Waals surface area (Å²) in [6, 6.07) is 11.1. The summed E-state index contributed by atoms with van der Waals surface area (Å²) in [5, 5.41) is 3.96. The third kappa shape index (κ3) is 11.8. The van der Waals surface area contributed by atoms with Gasteiger partial charge in [-0.3, -0.25) is 9.59 Å². The highest BCUT2D eigenvalue weighted by molar-refractivity contribution is 8.17. The highest BCUT2D eigenvalue weighted by atomic mass is 32.2. The molecule has 3 aromatic rings. The Hall–Kier alpha value is -2.94. The van der Waals surface area contributed by atoms with Crippen LogP contribution in [-0.4, -0.2) is 91.9 Å². The molecule has 0 saturated carbocycles. The number of para-hydroxylation sites is 2. The van der Waals surface area contributed by atoms with Crippen molar-refractivity contribution in [2.75, 3.05) is 53.6 Å². The average molecular weight is 606 g/mol. The number of carbonyl (C=O) groups excluding carboxylic acids is 3. The van der Waals surface area contributed by atoms with E-state index in [4.69, 9.17) is 19.6 Å². The molecule has 0 saturated heterocycles. The molecule has 0 atom stereocenters. The Labute approximate surface area is 249 Å². The minimum absolute atomic E-state index is 0.0372. The highest BCUT2D eigenvalue weighted by Gasteiger charge is 2.16. The number of hydrogen-bond donors (Lipinski definition) is 2. The number of fused-ring (bicyclic) bond motifs is 1. The Morgan fingerprint density at radius 1 is 1.15 bits per heavy atom. The molecular formula is C28H39N5O6S2. The number of allylic oxidation sites excluding steroid dienone is 1. The van der Waals surface area contributed by atoms with E-state index >= 15 is 0 Å². The Bertz CT molecular complexity index is 1250. The number of nitrogens with zero attached hydrogens (tertiary/aromatic N) is 3. The number of imidazole rings is 1. The van der Waals surface area contributed by atoms with Gasteiger partial charge < -0.3 is 39.2 Å². The van der Waals surface area contributed by atoms with Crippen molar-refractivity contribution in [3.05, 3.63) is 47.1 Å². The van der Waals surface area contributed by atoms with Gasteiger partial charge >= 0.3 is 0 Å². The molecule has 41 heavy (non-hydrogen) atoms. The van der Waals surface area contributed by atoms with Gasteiger partial charge in [0.25, 0.3) is 5.24 Å². The van der Waals surface area contributed by atoms with Crippen LogP contribution in [-0.2, 0) is 25.6 Å². The minimum Gasteiger partial charge on any atom is -0.450 e. The number of ether oxygens (including phenoxy) is 2.